The van der Waals surface area contributed by atoms with Gasteiger partial charge in [-0.25, -0.2) is 4.98 Å². The zero-order valence-electron chi connectivity index (χ0n) is 9.32. The average Bonchev–Trinajstić information content (AvgIpc) is 3.00. The van der Waals surface area contributed by atoms with Crippen LogP contribution in [0, 0.1) is 0 Å². The highest BCUT2D eigenvalue weighted by atomic mass is 79.9. The van der Waals surface area contributed by atoms with E-state index in [-0.39, 0.29) is 5.41 Å². The zero-order chi connectivity index (χ0) is 11.9. The highest BCUT2D eigenvalue weighted by molar-refractivity contribution is 9.10. The maximum absolute atomic E-state index is 5.77. The highest BCUT2D eigenvalue weighted by Crippen LogP contribution is 2.47. The predicted octanol–water partition coefficient (Wildman–Crippen LogP) is 3.09. The van der Waals surface area contributed by atoms with Crippen molar-refractivity contribution in [3.05, 3.63) is 40.9 Å². The first-order chi connectivity index (χ1) is 8.25. The van der Waals surface area contributed by atoms with Gasteiger partial charge in [-0.05, 0) is 18.9 Å². The monoisotopic (exact) mass is 292 g/mol. The first kappa shape index (κ1) is 11.0. The molecule has 1 heterocycles. The van der Waals surface area contributed by atoms with Gasteiger partial charge in [-0.2, -0.15) is 0 Å². The molecule has 1 aliphatic carbocycles. The van der Waals surface area contributed by atoms with Crippen LogP contribution in [0.25, 0.3) is 11.3 Å². The Balaban J connectivity index is 1.99. The molecule has 17 heavy (non-hydrogen) atoms. The van der Waals surface area contributed by atoms with Crippen LogP contribution in [-0.2, 0) is 5.41 Å². The second kappa shape index (κ2) is 3.96. The molecule has 0 aliphatic heterocycles. The van der Waals surface area contributed by atoms with Gasteiger partial charge in [0.25, 0.3) is 0 Å². The van der Waals surface area contributed by atoms with Crippen LogP contribution in [-0.4, -0.2) is 11.5 Å². The number of nitrogens with two attached hydrogens (primary N) is 1. The van der Waals surface area contributed by atoms with Crippen LogP contribution in [0.5, 0.6) is 0 Å². The molecule has 2 aromatic rings. The molecule has 2 N–H and O–H groups in total. The van der Waals surface area contributed by atoms with Crippen LogP contribution in [0.3, 0.4) is 0 Å². The fourth-order valence-electron chi connectivity index (χ4n) is 1.97. The van der Waals surface area contributed by atoms with Crippen molar-refractivity contribution in [1.29, 1.82) is 0 Å². The predicted molar refractivity (Wildman–Crippen MR) is 69.6 cm³/mol. The van der Waals surface area contributed by atoms with Gasteiger partial charge >= 0.3 is 0 Å². The van der Waals surface area contributed by atoms with E-state index in [0.717, 1.165) is 34.5 Å². The number of hydrogen-bond acceptors (Lipinski definition) is 3. The van der Waals surface area contributed by atoms with Gasteiger partial charge in [0.15, 0.2) is 0 Å². The van der Waals surface area contributed by atoms with Crippen molar-refractivity contribution in [3.8, 4) is 11.3 Å². The molecule has 1 aromatic carbocycles. The molecule has 3 rings (SSSR count). The summed E-state index contributed by atoms with van der Waals surface area (Å²) in [4.78, 5) is 4.57. The molecular weight excluding hydrogens is 280 g/mol. The van der Waals surface area contributed by atoms with Gasteiger partial charge in [-0.15, -0.1) is 0 Å². The van der Waals surface area contributed by atoms with Crippen LogP contribution >= 0.6 is 15.9 Å². The molecule has 1 aromatic heterocycles. The largest absolute Gasteiger partial charge is 0.448 e. The normalized spacial score (nSPS) is 17.1. The number of rotatable bonds is 3. The van der Waals surface area contributed by atoms with Crippen molar-refractivity contribution in [3.63, 3.8) is 0 Å². The second-order valence-electron chi connectivity index (χ2n) is 4.50. The van der Waals surface area contributed by atoms with Gasteiger partial charge in [-0.3, -0.25) is 0 Å². The fourth-order valence-corrected chi connectivity index (χ4v) is 2.45. The van der Waals surface area contributed by atoms with E-state index in [1.54, 1.807) is 6.26 Å². The van der Waals surface area contributed by atoms with E-state index in [1.165, 1.54) is 0 Å². The molecule has 0 spiro atoms. The van der Waals surface area contributed by atoms with E-state index >= 15 is 0 Å². The summed E-state index contributed by atoms with van der Waals surface area (Å²) in [6, 6.07) is 7.99. The van der Waals surface area contributed by atoms with Crippen LogP contribution in [0.2, 0.25) is 0 Å². The van der Waals surface area contributed by atoms with Crippen LogP contribution in [0.1, 0.15) is 18.7 Å². The molecule has 0 amide bonds. The minimum atomic E-state index is 0.0134. The number of nitrogens with zero attached hydrogens (tertiary/aromatic N) is 1. The summed E-state index contributed by atoms with van der Waals surface area (Å²) in [5, 5.41) is 0. The number of hydrogen-bond donors (Lipinski definition) is 1. The lowest BCUT2D eigenvalue weighted by Gasteiger charge is -2.05. The maximum Gasteiger partial charge on any atom is 0.202 e. The molecule has 0 bridgehead atoms. The molecule has 1 saturated carbocycles. The van der Waals surface area contributed by atoms with Crippen molar-refractivity contribution < 1.29 is 4.42 Å². The Morgan fingerprint density at radius 1 is 1.35 bits per heavy atom. The Kier molecular flexibility index (Phi) is 2.56. The van der Waals surface area contributed by atoms with Gasteiger partial charge in [0, 0.05) is 16.6 Å². The summed E-state index contributed by atoms with van der Waals surface area (Å²) in [7, 11) is 0. The van der Waals surface area contributed by atoms with E-state index in [9.17, 15) is 0 Å². The molecule has 88 valence electrons. The van der Waals surface area contributed by atoms with Crippen LogP contribution in [0.15, 0.2) is 39.4 Å². The Hall–Kier alpha value is -1.13. The minimum Gasteiger partial charge on any atom is -0.448 e. The van der Waals surface area contributed by atoms with Gasteiger partial charge in [0.2, 0.25) is 5.89 Å². The third-order valence-corrected chi connectivity index (χ3v) is 4.04. The van der Waals surface area contributed by atoms with Crippen molar-refractivity contribution in [2.75, 3.05) is 6.54 Å². The molecule has 0 unspecified atom stereocenters. The zero-order valence-corrected chi connectivity index (χ0v) is 10.9. The molecular formula is C13H13BrN2O. The first-order valence-electron chi connectivity index (χ1n) is 5.66. The topological polar surface area (TPSA) is 52.0 Å². The summed E-state index contributed by atoms with van der Waals surface area (Å²) in [5.74, 6) is 0.783. The smallest absolute Gasteiger partial charge is 0.202 e. The Morgan fingerprint density at radius 3 is 2.76 bits per heavy atom. The Labute approximate surface area is 108 Å². The van der Waals surface area contributed by atoms with Gasteiger partial charge < -0.3 is 10.2 Å². The third kappa shape index (κ3) is 1.81. The number of halogens is 1. The lowest BCUT2D eigenvalue weighted by molar-refractivity contribution is 0.437. The van der Waals surface area contributed by atoms with E-state index < -0.39 is 0 Å². The van der Waals surface area contributed by atoms with E-state index in [2.05, 4.69) is 20.9 Å². The minimum absolute atomic E-state index is 0.0134. The molecule has 0 atom stereocenters. The number of oxazole rings is 1. The molecule has 1 fully saturated rings. The van der Waals surface area contributed by atoms with Crippen molar-refractivity contribution in [1.82, 2.24) is 4.98 Å². The van der Waals surface area contributed by atoms with E-state index in [4.69, 9.17) is 10.2 Å². The standard InChI is InChI=1S/C13H13BrN2O/c14-10-4-2-1-3-9(10)11-7-17-12(16-11)13(8-15)5-6-13/h1-4,7H,5-6,8,15H2. The number of benzene rings is 1. The summed E-state index contributed by atoms with van der Waals surface area (Å²) in [5.41, 5.74) is 7.70. The summed E-state index contributed by atoms with van der Waals surface area (Å²) >= 11 is 3.52. The summed E-state index contributed by atoms with van der Waals surface area (Å²) in [6.45, 7) is 0.614. The number of aromatic nitrogens is 1. The van der Waals surface area contributed by atoms with Crippen molar-refractivity contribution in [2.24, 2.45) is 5.73 Å². The lowest BCUT2D eigenvalue weighted by atomic mass is 10.1. The molecule has 0 radical (unpaired) electrons. The van der Waals surface area contributed by atoms with Crippen LogP contribution in [0.4, 0.5) is 0 Å². The van der Waals surface area contributed by atoms with Gasteiger partial charge in [0.1, 0.15) is 12.0 Å². The van der Waals surface area contributed by atoms with Gasteiger partial charge in [-0.1, -0.05) is 34.1 Å². The second-order valence-corrected chi connectivity index (χ2v) is 5.36. The Morgan fingerprint density at radius 2 is 2.12 bits per heavy atom. The van der Waals surface area contributed by atoms with E-state index in [0.29, 0.717) is 6.54 Å². The van der Waals surface area contributed by atoms with Crippen molar-refractivity contribution >= 4 is 15.9 Å². The maximum atomic E-state index is 5.77. The molecule has 0 saturated heterocycles. The summed E-state index contributed by atoms with van der Waals surface area (Å²) < 4.78 is 6.61. The van der Waals surface area contributed by atoms with Crippen molar-refractivity contribution in [2.45, 2.75) is 18.3 Å². The van der Waals surface area contributed by atoms with Gasteiger partial charge in [0.05, 0.1) is 5.41 Å². The summed E-state index contributed by atoms with van der Waals surface area (Å²) in [6.07, 6.45) is 3.88. The van der Waals surface area contributed by atoms with Crippen LogP contribution < -0.4 is 5.73 Å². The first-order valence-corrected chi connectivity index (χ1v) is 6.45. The molecule has 4 heteroatoms. The lowest BCUT2D eigenvalue weighted by Crippen LogP contribution is -2.19. The SMILES string of the molecule is NCC1(c2nc(-c3ccccc3Br)co2)CC1. The highest BCUT2D eigenvalue weighted by Gasteiger charge is 2.47. The Bertz CT molecular complexity index is 546. The average molecular weight is 293 g/mol. The van der Waals surface area contributed by atoms with E-state index in [1.807, 2.05) is 24.3 Å². The molecule has 3 nitrogen and oxygen atoms in total. The molecule has 1 aliphatic rings. The fraction of sp³-hybridized carbons (Fsp3) is 0.308. The quantitative estimate of drug-likeness (QED) is 0.946. The third-order valence-electron chi connectivity index (χ3n) is 3.35.